The lowest BCUT2D eigenvalue weighted by molar-refractivity contribution is 0.704. The summed E-state index contributed by atoms with van der Waals surface area (Å²) in [6, 6.07) is 7.73. The van der Waals surface area contributed by atoms with Crippen molar-refractivity contribution in [2.24, 2.45) is 12.0 Å². The molecule has 0 aliphatic heterocycles. The molecule has 10 heteroatoms. The molecule has 0 atom stereocenters. The van der Waals surface area contributed by atoms with Crippen LogP contribution in [-0.4, -0.2) is 38.7 Å². The van der Waals surface area contributed by atoms with E-state index in [4.69, 9.17) is 23.2 Å². The third-order valence-electron chi connectivity index (χ3n) is 4.13. The maximum Gasteiger partial charge on any atom is 0.191 e. The van der Waals surface area contributed by atoms with Crippen LogP contribution in [0.4, 0.5) is 0 Å². The van der Waals surface area contributed by atoms with Gasteiger partial charge in [-0.2, -0.15) is 0 Å². The van der Waals surface area contributed by atoms with E-state index in [9.17, 15) is 0 Å². The van der Waals surface area contributed by atoms with Crippen molar-refractivity contribution in [3.05, 3.63) is 52.2 Å². The Balaban J connectivity index is 0.00000261. The standard InChI is InChI=1S/C17H21Cl2N7.HI/c1-20-17(22-11-12-10-13(18)16(19)25(12)2)21-8-5-7-15-24-23-14-6-3-4-9-26(14)15;/h3-4,6,9-10H,5,7-8,11H2,1-2H3,(H2,20,21,22);1H. The van der Waals surface area contributed by atoms with Gasteiger partial charge in [-0.3, -0.25) is 9.39 Å². The molecule has 146 valence electrons. The Hall–Kier alpha value is -1.52. The maximum absolute atomic E-state index is 6.08. The highest BCUT2D eigenvalue weighted by atomic mass is 127. The van der Waals surface area contributed by atoms with Gasteiger partial charge in [0.25, 0.3) is 0 Å². The normalized spacial score (nSPS) is 11.5. The monoisotopic (exact) mass is 521 g/mol. The first-order valence-corrected chi connectivity index (χ1v) is 9.08. The maximum atomic E-state index is 6.08. The molecule has 7 nitrogen and oxygen atoms in total. The van der Waals surface area contributed by atoms with Crippen molar-refractivity contribution in [2.75, 3.05) is 13.6 Å². The van der Waals surface area contributed by atoms with Crippen molar-refractivity contribution in [1.82, 2.24) is 29.8 Å². The molecule has 0 aromatic carbocycles. The van der Waals surface area contributed by atoms with Gasteiger partial charge in [0.05, 0.1) is 11.6 Å². The average molecular weight is 522 g/mol. The second-order valence-corrected chi connectivity index (χ2v) is 6.60. The van der Waals surface area contributed by atoms with Crippen molar-refractivity contribution in [1.29, 1.82) is 0 Å². The number of nitrogens with zero attached hydrogens (tertiary/aromatic N) is 5. The smallest absolute Gasteiger partial charge is 0.191 e. The van der Waals surface area contributed by atoms with Gasteiger partial charge in [0, 0.05) is 39.0 Å². The van der Waals surface area contributed by atoms with E-state index >= 15 is 0 Å². The first kappa shape index (κ1) is 21.8. The Kier molecular flexibility index (Phi) is 8.18. The van der Waals surface area contributed by atoms with Crippen LogP contribution in [0.3, 0.4) is 0 Å². The third-order valence-corrected chi connectivity index (χ3v) is 4.97. The summed E-state index contributed by atoms with van der Waals surface area (Å²) in [7, 11) is 3.62. The number of aliphatic imine (C=N–C) groups is 1. The first-order valence-electron chi connectivity index (χ1n) is 8.33. The minimum atomic E-state index is 0. The summed E-state index contributed by atoms with van der Waals surface area (Å²) in [6.45, 7) is 1.35. The number of aromatic nitrogens is 4. The van der Waals surface area contributed by atoms with Gasteiger partial charge < -0.3 is 15.2 Å². The number of hydrogen-bond acceptors (Lipinski definition) is 3. The molecule has 3 rings (SSSR count). The van der Waals surface area contributed by atoms with Crippen LogP contribution in [-0.2, 0) is 20.0 Å². The zero-order chi connectivity index (χ0) is 18.5. The number of pyridine rings is 1. The highest BCUT2D eigenvalue weighted by molar-refractivity contribution is 14.0. The van der Waals surface area contributed by atoms with Crippen LogP contribution in [0.1, 0.15) is 17.9 Å². The van der Waals surface area contributed by atoms with Gasteiger partial charge in [0.15, 0.2) is 11.6 Å². The van der Waals surface area contributed by atoms with Crippen molar-refractivity contribution in [3.63, 3.8) is 0 Å². The number of guanidine groups is 1. The van der Waals surface area contributed by atoms with Gasteiger partial charge in [-0.15, -0.1) is 34.2 Å². The molecule has 0 fully saturated rings. The fourth-order valence-electron chi connectivity index (χ4n) is 2.67. The molecule has 0 bridgehead atoms. The number of aryl methyl sites for hydroxylation is 1. The van der Waals surface area contributed by atoms with Crippen molar-refractivity contribution in [3.8, 4) is 0 Å². The van der Waals surface area contributed by atoms with E-state index < -0.39 is 0 Å². The minimum Gasteiger partial charge on any atom is -0.356 e. The number of halogens is 3. The predicted octanol–water partition coefficient (Wildman–Crippen LogP) is 3.29. The molecule has 3 aromatic rings. The lowest BCUT2D eigenvalue weighted by Gasteiger charge is -2.12. The average Bonchev–Trinajstić information content (AvgIpc) is 3.18. The molecule has 3 aromatic heterocycles. The fraction of sp³-hybridized carbons (Fsp3) is 0.353. The number of fused-ring (bicyclic) bond motifs is 1. The van der Waals surface area contributed by atoms with Crippen LogP contribution in [0.15, 0.2) is 35.5 Å². The highest BCUT2D eigenvalue weighted by Crippen LogP contribution is 2.24. The van der Waals surface area contributed by atoms with E-state index in [0.29, 0.717) is 16.7 Å². The number of hydrogen-bond donors (Lipinski definition) is 2. The summed E-state index contributed by atoms with van der Waals surface area (Å²) < 4.78 is 3.86. The van der Waals surface area contributed by atoms with Gasteiger partial charge in [-0.05, 0) is 24.6 Å². The predicted molar refractivity (Wildman–Crippen MR) is 120 cm³/mol. The Labute approximate surface area is 185 Å². The Morgan fingerprint density at radius 1 is 1.22 bits per heavy atom. The van der Waals surface area contributed by atoms with Crippen LogP contribution >= 0.6 is 47.2 Å². The lowest BCUT2D eigenvalue weighted by atomic mass is 10.3. The molecule has 27 heavy (non-hydrogen) atoms. The Morgan fingerprint density at radius 3 is 2.74 bits per heavy atom. The van der Waals surface area contributed by atoms with Crippen LogP contribution in [0, 0.1) is 0 Å². The molecule has 2 N–H and O–H groups in total. The number of nitrogens with one attached hydrogen (secondary N) is 2. The third kappa shape index (κ3) is 5.26. The van der Waals surface area contributed by atoms with Gasteiger partial charge in [-0.1, -0.05) is 29.3 Å². The zero-order valence-corrected chi connectivity index (χ0v) is 19.0. The van der Waals surface area contributed by atoms with Gasteiger partial charge in [-0.25, -0.2) is 0 Å². The van der Waals surface area contributed by atoms with E-state index in [1.807, 2.05) is 46.5 Å². The van der Waals surface area contributed by atoms with E-state index in [1.165, 1.54) is 0 Å². The second kappa shape index (κ2) is 10.1. The quantitative estimate of drug-likeness (QED) is 0.226. The molecule has 0 saturated heterocycles. The minimum absolute atomic E-state index is 0. The van der Waals surface area contributed by atoms with E-state index in [1.54, 1.807) is 7.05 Å². The van der Waals surface area contributed by atoms with Gasteiger partial charge >= 0.3 is 0 Å². The lowest BCUT2D eigenvalue weighted by Crippen LogP contribution is -2.37. The molecule has 0 saturated carbocycles. The van der Waals surface area contributed by atoms with E-state index in [-0.39, 0.29) is 24.0 Å². The van der Waals surface area contributed by atoms with Crippen LogP contribution < -0.4 is 10.6 Å². The molecule has 0 aliphatic rings. The molecule has 0 amide bonds. The SMILES string of the molecule is CN=C(NCCCc1nnc2ccccn12)NCc1cc(Cl)c(Cl)n1C.I. The second-order valence-electron chi connectivity index (χ2n) is 5.83. The fourth-order valence-corrected chi connectivity index (χ4v) is 3.08. The van der Waals surface area contributed by atoms with Gasteiger partial charge in [0.2, 0.25) is 0 Å². The topological polar surface area (TPSA) is 71.5 Å². The van der Waals surface area contributed by atoms with E-state index in [0.717, 1.165) is 42.5 Å². The molecule has 0 aliphatic carbocycles. The summed E-state index contributed by atoms with van der Waals surface area (Å²) in [5.41, 5.74) is 1.85. The highest BCUT2D eigenvalue weighted by Gasteiger charge is 2.09. The van der Waals surface area contributed by atoms with Crippen molar-refractivity contribution in [2.45, 2.75) is 19.4 Å². The molecular weight excluding hydrogens is 500 g/mol. The van der Waals surface area contributed by atoms with Crippen molar-refractivity contribution < 1.29 is 0 Å². The van der Waals surface area contributed by atoms with Crippen LogP contribution in [0.5, 0.6) is 0 Å². The molecule has 3 heterocycles. The molecular formula is C17H22Cl2IN7. The van der Waals surface area contributed by atoms with Crippen LogP contribution in [0.2, 0.25) is 10.2 Å². The summed E-state index contributed by atoms with van der Waals surface area (Å²) in [4.78, 5) is 4.23. The first-order chi connectivity index (χ1) is 12.6. The summed E-state index contributed by atoms with van der Waals surface area (Å²) in [5.74, 6) is 1.68. The summed E-state index contributed by atoms with van der Waals surface area (Å²) >= 11 is 12.1. The molecule has 0 spiro atoms. The van der Waals surface area contributed by atoms with E-state index in [2.05, 4.69) is 25.8 Å². The Morgan fingerprint density at radius 2 is 2.04 bits per heavy atom. The van der Waals surface area contributed by atoms with Crippen LogP contribution in [0.25, 0.3) is 5.65 Å². The molecule has 0 unspecified atom stereocenters. The van der Waals surface area contributed by atoms with Gasteiger partial charge in [0.1, 0.15) is 11.0 Å². The van der Waals surface area contributed by atoms with Crippen molar-refractivity contribution >= 4 is 58.8 Å². The Bertz CT molecular complexity index is 919. The zero-order valence-electron chi connectivity index (χ0n) is 15.1. The largest absolute Gasteiger partial charge is 0.356 e. The molecule has 0 radical (unpaired) electrons. The summed E-state index contributed by atoms with van der Waals surface area (Å²) in [6.07, 6.45) is 3.73. The summed E-state index contributed by atoms with van der Waals surface area (Å²) in [5, 5.41) is 16.0. The number of rotatable bonds is 6.